The van der Waals surface area contributed by atoms with Crippen molar-refractivity contribution < 1.29 is 14.2 Å². The summed E-state index contributed by atoms with van der Waals surface area (Å²) in [6.45, 7) is 4.56. The molecule has 1 aromatic carbocycles. The van der Waals surface area contributed by atoms with E-state index in [2.05, 4.69) is 4.90 Å². The molecule has 1 saturated heterocycles. The minimum atomic E-state index is -0.365. The Balaban J connectivity index is 2.19. The minimum Gasteiger partial charge on any atom is -0.394 e. The number of hydrogen-bond donors (Lipinski definition) is 1. The Morgan fingerprint density at radius 1 is 1.53 bits per heavy atom. The molecule has 1 aliphatic heterocycles. The lowest BCUT2D eigenvalue weighted by atomic mass is 9.93. The molecule has 3 nitrogen and oxygen atoms in total. The monoisotopic (exact) mass is 287 g/mol. The smallest absolute Gasteiger partial charge is 0.124 e. The van der Waals surface area contributed by atoms with E-state index in [-0.39, 0.29) is 18.0 Å². The van der Waals surface area contributed by atoms with Gasteiger partial charge in [0.05, 0.1) is 25.4 Å². The second kappa shape index (κ2) is 6.18. The van der Waals surface area contributed by atoms with E-state index in [1.165, 1.54) is 12.1 Å². The van der Waals surface area contributed by atoms with Crippen molar-refractivity contribution in [1.29, 1.82) is 0 Å². The first-order valence-corrected chi connectivity index (χ1v) is 6.86. The zero-order valence-corrected chi connectivity index (χ0v) is 11.8. The molecule has 0 spiro atoms. The molecule has 1 atom stereocenters. The second-order valence-electron chi connectivity index (χ2n) is 4.95. The van der Waals surface area contributed by atoms with E-state index in [1.54, 1.807) is 6.07 Å². The fourth-order valence-corrected chi connectivity index (χ4v) is 2.68. The van der Waals surface area contributed by atoms with E-state index in [0.29, 0.717) is 24.8 Å². The predicted molar refractivity (Wildman–Crippen MR) is 72.7 cm³/mol. The number of hydrogen-bond acceptors (Lipinski definition) is 3. The Bertz CT molecular complexity index is 437. The van der Waals surface area contributed by atoms with Crippen LogP contribution in [0.3, 0.4) is 0 Å². The molecule has 5 heteroatoms. The van der Waals surface area contributed by atoms with Crippen molar-refractivity contribution in [3.8, 4) is 0 Å². The zero-order valence-electron chi connectivity index (χ0n) is 11.0. The van der Waals surface area contributed by atoms with Gasteiger partial charge < -0.3 is 9.84 Å². The Kier molecular flexibility index (Phi) is 4.79. The Labute approximate surface area is 117 Å². The summed E-state index contributed by atoms with van der Waals surface area (Å²) in [5, 5.41) is 10.1. The van der Waals surface area contributed by atoms with Crippen LogP contribution in [0.4, 0.5) is 4.39 Å². The van der Waals surface area contributed by atoms with Gasteiger partial charge >= 0.3 is 0 Å². The van der Waals surface area contributed by atoms with E-state index in [0.717, 1.165) is 18.5 Å². The standard InChI is InChI=1S/C14H19ClFNO2/c1-2-14(9-18)10-19-6-5-17(14)8-11-3-4-12(16)7-13(11)15/h3-4,7,18H,2,5-6,8-10H2,1H3. The van der Waals surface area contributed by atoms with Crippen molar-refractivity contribution in [1.82, 2.24) is 4.90 Å². The highest BCUT2D eigenvalue weighted by Crippen LogP contribution is 2.28. The van der Waals surface area contributed by atoms with Crippen molar-refractivity contribution in [2.45, 2.75) is 25.4 Å². The molecular formula is C14H19ClFNO2. The molecule has 1 aliphatic rings. The van der Waals surface area contributed by atoms with E-state index in [1.807, 2.05) is 6.92 Å². The van der Waals surface area contributed by atoms with Gasteiger partial charge in [-0.2, -0.15) is 0 Å². The van der Waals surface area contributed by atoms with Crippen LogP contribution in [-0.2, 0) is 11.3 Å². The SMILES string of the molecule is CCC1(CO)COCCN1Cc1ccc(F)cc1Cl. The average Bonchev–Trinajstić information content (AvgIpc) is 2.42. The molecule has 19 heavy (non-hydrogen) atoms. The fraction of sp³-hybridized carbons (Fsp3) is 0.571. The number of aliphatic hydroxyl groups is 1. The number of ether oxygens (including phenoxy) is 1. The van der Waals surface area contributed by atoms with Crippen molar-refractivity contribution in [2.75, 3.05) is 26.4 Å². The lowest BCUT2D eigenvalue weighted by Crippen LogP contribution is -2.58. The van der Waals surface area contributed by atoms with Crippen LogP contribution < -0.4 is 0 Å². The number of halogens is 2. The fourth-order valence-electron chi connectivity index (χ4n) is 2.45. The molecule has 0 amide bonds. The van der Waals surface area contributed by atoms with Crippen LogP contribution in [0, 0.1) is 5.82 Å². The number of morpholine rings is 1. The van der Waals surface area contributed by atoms with Gasteiger partial charge in [0.15, 0.2) is 0 Å². The van der Waals surface area contributed by atoms with Crippen molar-refractivity contribution in [3.05, 3.63) is 34.6 Å². The maximum absolute atomic E-state index is 13.1. The maximum Gasteiger partial charge on any atom is 0.124 e. The van der Waals surface area contributed by atoms with Crippen LogP contribution in [0.2, 0.25) is 5.02 Å². The largest absolute Gasteiger partial charge is 0.394 e. The Morgan fingerprint density at radius 2 is 2.32 bits per heavy atom. The molecule has 0 saturated carbocycles. The third-order valence-electron chi connectivity index (χ3n) is 3.88. The molecule has 0 radical (unpaired) electrons. The molecule has 106 valence electrons. The third-order valence-corrected chi connectivity index (χ3v) is 4.23. The first-order chi connectivity index (χ1) is 9.11. The van der Waals surface area contributed by atoms with Crippen LogP contribution in [0.1, 0.15) is 18.9 Å². The summed E-state index contributed by atoms with van der Waals surface area (Å²) in [5.41, 5.74) is 0.506. The average molecular weight is 288 g/mol. The van der Waals surface area contributed by atoms with Crippen LogP contribution >= 0.6 is 11.6 Å². The van der Waals surface area contributed by atoms with Crippen LogP contribution in [0.15, 0.2) is 18.2 Å². The number of nitrogens with zero attached hydrogens (tertiary/aromatic N) is 1. The molecule has 0 bridgehead atoms. The van der Waals surface area contributed by atoms with E-state index in [4.69, 9.17) is 16.3 Å². The summed E-state index contributed by atoms with van der Waals surface area (Å²) in [7, 11) is 0. The highest BCUT2D eigenvalue weighted by atomic mass is 35.5. The highest BCUT2D eigenvalue weighted by Gasteiger charge is 2.37. The normalized spacial score (nSPS) is 24.6. The van der Waals surface area contributed by atoms with Gasteiger partial charge in [0, 0.05) is 18.1 Å². The number of benzene rings is 1. The first kappa shape index (κ1) is 14.7. The van der Waals surface area contributed by atoms with Gasteiger partial charge in [0.25, 0.3) is 0 Å². The van der Waals surface area contributed by atoms with Gasteiger partial charge in [0.1, 0.15) is 5.82 Å². The topological polar surface area (TPSA) is 32.7 Å². The van der Waals surface area contributed by atoms with Crippen LogP contribution in [-0.4, -0.2) is 41.9 Å². The highest BCUT2D eigenvalue weighted by molar-refractivity contribution is 6.31. The van der Waals surface area contributed by atoms with Gasteiger partial charge in [-0.25, -0.2) is 4.39 Å². The predicted octanol–water partition coefficient (Wildman–Crippen LogP) is 2.45. The van der Waals surface area contributed by atoms with Crippen molar-refractivity contribution >= 4 is 11.6 Å². The van der Waals surface area contributed by atoms with E-state index < -0.39 is 0 Å². The molecule has 1 N–H and O–H groups in total. The lowest BCUT2D eigenvalue weighted by Gasteiger charge is -2.45. The van der Waals surface area contributed by atoms with E-state index >= 15 is 0 Å². The molecule has 1 fully saturated rings. The summed E-state index contributed by atoms with van der Waals surface area (Å²) >= 11 is 6.07. The summed E-state index contributed by atoms with van der Waals surface area (Å²) in [4.78, 5) is 2.18. The zero-order chi connectivity index (χ0) is 13.9. The first-order valence-electron chi connectivity index (χ1n) is 6.49. The Morgan fingerprint density at radius 3 is 2.95 bits per heavy atom. The lowest BCUT2D eigenvalue weighted by molar-refractivity contribution is -0.0974. The van der Waals surface area contributed by atoms with Gasteiger partial charge in [-0.1, -0.05) is 24.6 Å². The minimum absolute atomic E-state index is 0.0440. The van der Waals surface area contributed by atoms with Gasteiger partial charge in [0.2, 0.25) is 0 Å². The van der Waals surface area contributed by atoms with Crippen LogP contribution in [0.5, 0.6) is 0 Å². The van der Waals surface area contributed by atoms with Crippen LogP contribution in [0.25, 0.3) is 0 Å². The number of aliphatic hydroxyl groups excluding tert-OH is 1. The molecule has 1 unspecified atom stereocenters. The van der Waals surface area contributed by atoms with Gasteiger partial charge in [-0.05, 0) is 24.1 Å². The summed E-state index contributed by atoms with van der Waals surface area (Å²) in [5.74, 6) is -0.334. The summed E-state index contributed by atoms with van der Waals surface area (Å²) in [6, 6.07) is 4.43. The van der Waals surface area contributed by atoms with Crippen molar-refractivity contribution in [3.63, 3.8) is 0 Å². The molecule has 1 aromatic rings. The quantitative estimate of drug-likeness (QED) is 0.923. The Hall–Kier alpha value is -0.680. The van der Waals surface area contributed by atoms with Crippen molar-refractivity contribution in [2.24, 2.45) is 0 Å². The van der Waals surface area contributed by atoms with E-state index in [9.17, 15) is 9.50 Å². The summed E-state index contributed by atoms with van der Waals surface area (Å²) < 4.78 is 18.5. The second-order valence-corrected chi connectivity index (χ2v) is 5.35. The molecular weight excluding hydrogens is 269 g/mol. The van der Waals surface area contributed by atoms with Gasteiger partial charge in [-0.3, -0.25) is 4.90 Å². The molecule has 0 aromatic heterocycles. The molecule has 1 heterocycles. The number of rotatable bonds is 4. The maximum atomic E-state index is 13.1. The summed E-state index contributed by atoms with van der Waals surface area (Å²) in [6.07, 6.45) is 0.794. The molecule has 0 aliphatic carbocycles. The van der Waals surface area contributed by atoms with Gasteiger partial charge in [-0.15, -0.1) is 0 Å². The third kappa shape index (κ3) is 3.08. The molecule has 2 rings (SSSR count).